The van der Waals surface area contributed by atoms with E-state index in [0.29, 0.717) is 23.7 Å². The lowest BCUT2D eigenvalue weighted by Crippen LogP contribution is -2.39. The van der Waals surface area contributed by atoms with Crippen molar-refractivity contribution in [3.63, 3.8) is 0 Å². The number of unbranched alkanes of at least 4 members (excludes halogenated alkanes) is 2. The zero-order valence-electron chi connectivity index (χ0n) is 21.3. The Morgan fingerprint density at radius 1 is 0.919 bits per heavy atom. The van der Waals surface area contributed by atoms with Crippen LogP contribution in [0.15, 0.2) is 91.0 Å². The van der Waals surface area contributed by atoms with Gasteiger partial charge in [0.25, 0.3) is 5.91 Å². The number of hydrogen-bond acceptors (Lipinski definition) is 4. The third kappa shape index (κ3) is 6.44. The minimum atomic E-state index is -0.295. The van der Waals surface area contributed by atoms with Crippen molar-refractivity contribution in [2.24, 2.45) is 0 Å². The highest BCUT2D eigenvalue weighted by Gasteiger charge is 2.22. The lowest BCUT2D eigenvalue weighted by molar-refractivity contribution is -0.117. The number of hydrogen-bond donors (Lipinski definition) is 1. The molecule has 3 aromatic carbocycles. The highest BCUT2D eigenvalue weighted by Crippen LogP contribution is 2.25. The Kier molecular flexibility index (Phi) is 8.70. The van der Waals surface area contributed by atoms with Crippen molar-refractivity contribution >= 4 is 17.6 Å². The van der Waals surface area contributed by atoms with E-state index in [2.05, 4.69) is 12.2 Å². The molecule has 1 aromatic heterocycles. The first-order valence-corrected chi connectivity index (χ1v) is 12.5. The second-order valence-electron chi connectivity index (χ2n) is 8.71. The van der Waals surface area contributed by atoms with Gasteiger partial charge in [-0.3, -0.25) is 9.59 Å². The molecule has 1 heterocycles. The molecular formula is C30H32N4O3. The molecule has 0 spiro atoms. The maximum absolute atomic E-state index is 13.4. The van der Waals surface area contributed by atoms with E-state index in [4.69, 9.17) is 9.84 Å². The molecule has 0 saturated carbocycles. The minimum absolute atomic E-state index is 0.0821. The molecule has 4 rings (SSSR count). The molecule has 7 nitrogen and oxygen atoms in total. The van der Waals surface area contributed by atoms with E-state index >= 15 is 0 Å². The van der Waals surface area contributed by atoms with Crippen LogP contribution in [0.1, 0.15) is 36.5 Å². The molecule has 2 amide bonds. The first-order chi connectivity index (χ1) is 18.1. The first-order valence-electron chi connectivity index (χ1n) is 12.5. The van der Waals surface area contributed by atoms with Crippen LogP contribution >= 0.6 is 0 Å². The molecule has 1 N–H and O–H groups in total. The Morgan fingerprint density at radius 2 is 1.59 bits per heavy atom. The van der Waals surface area contributed by atoms with E-state index in [9.17, 15) is 9.59 Å². The summed E-state index contributed by atoms with van der Waals surface area (Å²) in [6, 6.07) is 28.4. The lowest BCUT2D eigenvalue weighted by Gasteiger charge is -2.23. The van der Waals surface area contributed by atoms with Crippen LogP contribution in [0.4, 0.5) is 5.82 Å². The fourth-order valence-corrected chi connectivity index (χ4v) is 4.14. The van der Waals surface area contributed by atoms with E-state index in [1.165, 1.54) is 7.11 Å². The molecule has 0 unspecified atom stereocenters. The van der Waals surface area contributed by atoms with Gasteiger partial charge >= 0.3 is 0 Å². The number of nitrogens with one attached hydrogen (secondary N) is 1. The number of rotatable bonds is 11. The van der Waals surface area contributed by atoms with Crippen LogP contribution in [0.2, 0.25) is 0 Å². The van der Waals surface area contributed by atoms with Crippen molar-refractivity contribution in [2.75, 3.05) is 25.5 Å². The first kappa shape index (κ1) is 25.7. The molecule has 0 saturated heterocycles. The van der Waals surface area contributed by atoms with Crippen LogP contribution in [-0.4, -0.2) is 46.7 Å². The molecule has 190 valence electrons. The van der Waals surface area contributed by atoms with Crippen molar-refractivity contribution < 1.29 is 14.3 Å². The summed E-state index contributed by atoms with van der Waals surface area (Å²) in [7, 11) is 1.54. The molecule has 7 heteroatoms. The monoisotopic (exact) mass is 496 g/mol. The predicted molar refractivity (Wildman–Crippen MR) is 146 cm³/mol. The number of ether oxygens (including phenoxy) is 1. The number of para-hydroxylation sites is 2. The van der Waals surface area contributed by atoms with E-state index in [1.54, 1.807) is 27.8 Å². The number of anilines is 1. The van der Waals surface area contributed by atoms with Gasteiger partial charge in [0.2, 0.25) is 5.91 Å². The predicted octanol–water partition coefficient (Wildman–Crippen LogP) is 5.82. The Bertz CT molecular complexity index is 1320. The van der Waals surface area contributed by atoms with E-state index in [0.717, 1.165) is 36.2 Å². The summed E-state index contributed by atoms with van der Waals surface area (Å²) in [5.74, 6) is 0.498. The molecule has 0 aliphatic heterocycles. The third-order valence-corrected chi connectivity index (χ3v) is 6.04. The van der Waals surface area contributed by atoms with Crippen molar-refractivity contribution in [1.82, 2.24) is 14.7 Å². The summed E-state index contributed by atoms with van der Waals surface area (Å²) in [5, 5.41) is 7.75. The quantitative estimate of drug-likeness (QED) is 0.266. The zero-order valence-corrected chi connectivity index (χ0v) is 21.3. The number of methoxy groups -OCH3 is 1. The van der Waals surface area contributed by atoms with Crippen LogP contribution in [0.3, 0.4) is 0 Å². The average Bonchev–Trinajstić information content (AvgIpc) is 3.36. The number of carbonyl (C=O) groups is 2. The summed E-state index contributed by atoms with van der Waals surface area (Å²) in [4.78, 5) is 28.3. The van der Waals surface area contributed by atoms with Crippen LogP contribution in [0, 0.1) is 0 Å². The zero-order chi connectivity index (χ0) is 26.0. The van der Waals surface area contributed by atoms with Gasteiger partial charge in [0.1, 0.15) is 18.1 Å². The fraction of sp³-hybridized carbons (Fsp3) is 0.233. The van der Waals surface area contributed by atoms with Crippen LogP contribution in [0.5, 0.6) is 5.75 Å². The molecule has 0 aliphatic rings. The van der Waals surface area contributed by atoms with Crippen molar-refractivity contribution in [1.29, 1.82) is 0 Å². The van der Waals surface area contributed by atoms with Gasteiger partial charge in [-0.15, -0.1) is 0 Å². The number of nitrogens with zero attached hydrogens (tertiary/aromatic N) is 3. The van der Waals surface area contributed by atoms with Gasteiger partial charge in [0, 0.05) is 18.2 Å². The second kappa shape index (κ2) is 12.5. The lowest BCUT2D eigenvalue weighted by atomic mass is 10.1. The highest BCUT2D eigenvalue weighted by molar-refractivity contribution is 6.01. The largest absolute Gasteiger partial charge is 0.496 e. The number of amides is 2. The minimum Gasteiger partial charge on any atom is -0.496 e. The van der Waals surface area contributed by atoms with E-state index in [-0.39, 0.29) is 18.4 Å². The van der Waals surface area contributed by atoms with Gasteiger partial charge < -0.3 is 15.0 Å². The van der Waals surface area contributed by atoms with E-state index in [1.807, 2.05) is 72.8 Å². The average molecular weight is 497 g/mol. The van der Waals surface area contributed by atoms with Crippen molar-refractivity contribution in [3.8, 4) is 22.7 Å². The second-order valence-corrected chi connectivity index (χ2v) is 8.71. The number of carbonyl (C=O) groups excluding carboxylic acids is 2. The Labute approximate surface area is 217 Å². The molecule has 0 bridgehead atoms. The molecule has 37 heavy (non-hydrogen) atoms. The smallest absolute Gasteiger partial charge is 0.258 e. The van der Waals surface area contributed by atoms with Crippen molar-refractivity contribution in [3.05, 3.63) is 96.6 Å². The Morgan fingerprint density at radius 3 is 2.30 bits per heavy atom. The van der Waals surface area contributed by atoms with Crippen LogP contribution in [0.25, 0.3) is 16.9 Å². The highest BCUT2D eigenvalue weighted by atomic mass is 16.5. The van der Waals surface area contributed by atoms with Gasteiger partial charge in [0.15, 0.2) is 0 Å². The normalized spacial score (nSPS) is 10.6. The molecule has 0 atom stereocenters. The van der Waals surface area contributed by atoms with Crippen LogP contribution < -0.4 is 10.1 Å². The molecule has 0 radical (unpaired) electrons. The summed E-state index contributed by atoms with van der Waals surface area (Å²) in [6.45, 7) is 2.50. The van der Waals surface area contributed by atoms with Crippen molar-refractivity contribution in [2.45, 2.75) is 26.2 Å². The maximum Gasteiger partial charge on any atom is 0.258 e. The van der Waals surface area contributed by atoms with Gasteiger partial charge in [-0.05, 0) is 30.7 Å². The third-order valence-electron chi connectivity index (χ3n) is 6.04. The van der Waals surface area contributed by atoms with Gasteiger partial charge in [-0.2, -0.15) is 5.10 Å². The summed E-state index contributed by atoms with van der Waals surface area (Å²) in [6.07, 6.45) is 2.80. The standard InChI is InChI=1S/C30H32N4O3/c1-3-4-13-20-33(30(36)25-18-11-12-19-27(25)37-2)22-29(35)31-28-21-26(23-14-7-5-8-15-23)32-34(28)24-16-9-6-10-17-24/h5-12,14-19,21H,3-4,13,20,22H2,1-2H3,(H,31,35). The van der Waals surface area contributed by atoms with Gasteiger partial charge in [-0.1, -0.05) is 80.4 Å². The van der Waals surface area contributed by atoms with Crippen LogP contribution in [-0.2, 0) is 4.79 Å². The molecule has 4 aromatic rings. The fourth-order valence-electron chi connectivity index (χ4n) is 4.14. The maximum atomic E-state index is 13.4. The number of benzene rings is 3. The molecular weight excluding hydrogens is 464 g/mol. The Hall–Kier alpha value is -4.39. The van der Waals surface area contributed by atoms with Gasteiger partial charge in [-0.25, -0.2) is 4.68 Å². The summed E-state index contributed by atoms with van der Waals surface area (Å²) < 4.78 is 7.10. The Balaban J connectivity index is 1.59. The number of aromatic nitrogens is 2. The summed E-state index contributed by atoms with van der Waals surface area (Å²) >= 11 is 0. The summed E-state index contributed by atoms with van der Waals surface area (Å²) in [5.41, 5.74) is 2.95. The molecule has 0 aliphatic carbocycles. The molecule has 0 fully saturated rings. The topological polar surface area (TPSA) is 76.5 Å². The SMILES string of the molecule is CCCCCN(CC(=O)Nc1cc(-c2ccccc2)nn1-c1ccccc1)C(=O)c1ccccc1OC. The van der Waals surface area contributed by atoms with Gasteiger partial charge in [0.05, 0.1) is 24.1 Å². The van der Waals surface area contributed by atoms with E-state index < -0.39 is 0 Å².